The van der Waals surface area contributed by atoms with Crippen LogP contribution in [-0.2, 0) is 4.74 Å². The molecule has 0 aliphatic heterocycles. The third kappa shape index (κ3) is 3.20. The lowest BCUT2D eigenvalue weighted by molar-refractivity contribution is -0.130. The summed E-state index contributed by atoms with van der Waals surface area (Å²) in [6.07, 6.45) is 2.56. The standard InChI is InChI=1S/C14H25BrN2O2/c1-6-14(7-2,19-8-3)13(18)12-11(15)9-16-17(12)10(4)5/h9-10,13,18H,6-8H2,1-5H3. The van der Waals surface area contributed by atoms with Crippen molar-refractivity contribution in [2.24, 2.45) is 0 Å². The largest absolute Gasteiger partial charge is 0.384 e. The van der Waals surface area contributed by atoms with Gasteiger partial charge in [-0.15, -0.1) is 0 Å². The Morgan fingerprint density at radius 2 is 1.95 bits per heavy atom. The molecule has 1 aromatic rings. The molecular formula is C14H25BrN2O2. The van der Waals surface area contributed by atoms with E-state index >= 15 is 0 Å². The number of rotatable bonds is 7. The van der Waals surface area contributed by atoms with Crippen molar-refractivity contribution >= 4 is 15.9 Å². The van der Waals surface area contributed by atoms with E-state index in [0.29, 0.717) is 6.61 Å². The minimum Gasteiger partial charge on any atom is -0.384 e. The van der Waals surface area contributed by atoms with Gasteiger partial charge in [0, 0.05) is 12.6 Å². The Hall–Kier alpha value is -0.390. The molecule has 5 heteroatoms. The van der Waals surface area contributed by atoms with Crippen LogP contribution in [0.15, 0.2) is 10.7 Å². The zero-order chi connectivity index (χ0) is 14.6. The Kier molecular flexibility index (Phi) is 6.02. The number of hydrogen-bond acceptors (Lipinski definition) is 3. The van der Waals surface area contributed by atoms with Crippen LogP contribution in [0.3, 0.4) is 0 Å². The van der Waals surface area contributed by atoms with Gasteiger partial charge in [0.05, 0.1) is 22.0 Å². The van der Waals surface area contributed by atoms with E-state index in [1.54, 1.807) is 6.20 Å². The first-order valence-electron chi connectivity index (χ1n) is 6.98. The molecule has 1 N–H and O–H groups in total. The molecular weight excluding hydrogens is 308 g/mol. The summed E-state index contributed by atoms with van der Waals surface area (Å²) in [4.78, 5) is 0. The molecule has 1 heterocycles. The van der Waals surface area contributed by atoms with Crippen LogP contribution >= 0.6 is 15.9 Å². The van der Waals surface area contributed by atoms with E-state index in [1.165, 1.54) is 0 Å². The van der Waals surface area contributed by atoms with Crippen molar-refractivity contribution in [1.82, 2.24) is 9.78 Å². The summed E-state index contributed by atoms with van der Waals surface area (Å²) in [7, 11) is 0. The molecule has 0 aliphatic carbocycles. The molecule has 4 nitrogen and oxygen atoms in total. The van der Waals surface area contributed by atoms with Crippen LogP contribution in [-0.4, -0.2) is 27.1 Å². The van der Waals surface area contributed by atoms with Crippen molar-refractivity contribution in [3.05, 3.63) is 16.4 Å². The lowest BCUT2D eigenvalue weighted by atomic mass is 9.88. The number of aliphatic hydroxyl groups excluding tert-OH is 1. The molecule has 0 saturated heterocycles. The maximum Gasteiger partial charge on any atom is 0.126 e. The molecule has 1 unspecified atom stereocenters. The summed E-state index contributed by atoms with van der Waals surface area (Å²) in [5.74, 6) is 0. The molecule has 0 aliphatic rings. The van der Waals surface area contributed by atoms with Crippen molar-refractivity contribution in [3.63, 3.8) is 0 Å². The van der Waals surface area contributed by atoms with Crippen molar-refractivity contribution < 1.29 is 9.84 Å². The zero-order valence-corrected chi connectivity index (χ0v) is 14.1. The molecule has 0 spiro atoms. The highest BCUT2D eigenvalue weighted by atomic mass is 79.9. The van der Waals surface area contributed by atoms with E-state index in [4.69, 9.17) is 4.74 Å². The highest BCUT2D eigenvalue weighted by molar-refractivity contribution is 9.10. The van der Waals surface area contributed by atoms with Gasteiger partial charge in [-0.3, -0.25) is 4.68 Å². The number of nitrogens with zero attached hydrogens (tertiary/aromatic N) is 2. The summed E-state index contributed by atoms with van der Waals surface area (Å²) in [6, 6.07) is 0.198. The van der Waals surface area contributed by atoms with Gasteiger partial charge in [-0.05, 0) is 49.5 Å². The molecule has 0 saturated carbocycles. The van der Waals surface area contributed by atoms with E-state index in [2.05, 4.69) is 34.9 Å². The Bertz CT molecular complexity index is 400. The topological polar surface area (TPSA) is 47.3 Å². The molecule has 1 atom stereocenters. The minimum atomic E-state index is -0.693. The molecule has 1 aromatic heterocycles. The summed E-state index contributed by atoms with van der Waals surface area (Å²) in [5.41, 5.74) is 0.247. The third-order valence-corrected chi connectivity index (χ3v) is 4.27. The number of ether oxygens (including phenoxy) is 1. The van der Waals surface area contributed by atoms with Crippen molar-refractivity contribution in [2.45, 2.75) is 65.2 Å². The number of hydrogen-bond donors (Lipinski definition) is 1. The monoisotopic (exact) mass is 332 g/mol. The summed E-state index contributed by atoms with van der Waals surface area (Å²) < 4.78 is 8.58. The van der Waals surface area contributed by atoms with Gasteiger partial charge < -0.3 is 9.84 Å². The number of halogens is 1. The molecule has 0 bridgehead atoms. The van der Waals surface area contributed by atoms with Crippen molar-refractivity contribution in [3.8, 4) is 0 Å². The molecule has 1 rings (SSSR count). The van der Waals surface area contributed by atoms with Crippen LogP contribution < -0.4 is 0 Å². The maximum absolute atomic E-state index is 10.8. The van der Waals surface area contributed by atoms with Gasteiger partial charge in [-0.1, -0.05) is 13.8 Å². The summed E-state index contributed by atoms with van der Waals surface area (Å²) in [5, 5.41) is 15.2. The van der Waals surface area contributed by atoms with E-state index in [0.717, 1.165) is 23.0 Å². The molecule has 0 aromatic carbocycles. The van der Waals surface area contributed by atoms with Crippen LogP contribution in [0.2, 0.25) is 0 Å². The second-order valence-electron chi connectivity index (χ2n) is 5.02. The van der Waals surface area contributed by atoms with Crippen molar-refractivity contribution in [1.29, 1.82) is 0 Å². The van der Waals surface area contributed by atoms with Crippen LogP contribution in [0.4, 0.5) is 0 Å². The van der Waals surface area contributed by atoms with Gasteiger partial charge in [0.15, 0.2) is 0 Å². The Balaban J connectivity index is 3.23. The molecule has 0 radical (unpaired) electrons. The normalized spacial score (nSPS) is 14.1. The highest BCUT2D eigenvalue weighted by Crippen LogP contribution is 2.39. The van der Waals surface area contributed by atoms with E-state index in [1.807, 2.05) is 25.5 Å². The molecule has 0 fully saturated rings. The summed E-state index contributed by atoms with van der Waals surface area (Å²) >= 11 is 3.49. The predicted octanol–water partition coefficient (Wildman–Crippen LogP) is 3.86. The van der Waals surface area contributed by atoms with Gasteiger partial charge in [-0.2, -0.15) is 5.10 Å². The second-order valence-corrected chi connectivity index (χ2v) is 5.88. The Morgan fingerprint density at radius 1 is 1.37 bits per heavy atom. The molecule has 19 heavy (non-hydrogen) atoms. The maximum atomic E-state index is 10.8. The third-order valence-electron chi connectivity index (χ3n) is 3.66. The lowest BCUT2D eigenvalue weighted by Crippen LogP contribution is -2.39. The van der Waals surface area contributed by atoms with E-state index in [-0.39, 0.29) is 6.04 Å². The molecule has 0 amide bonds. The van der Waals surface area contributed by atoms with Crippen molar-refractivity contribution in [2.75, 3.05) is 6.61 Å². The first kappa shape index (κ1) is 16.7. The fraction of sp³-hybridized carbons (Fsp3) is 0.786. The van der Waals surface area contributed by atoms with Crippen LogP contribution in [0, 0.1) is 0 Å². The Labute approximate surface area is 124 Å². The van der Waals surface area contributed by atoms with Crippen LogP contribution in [0.1, 0.15) is 65.3 Å². The first-order valence-corrected chi connectivity index (χ1v) is 7.77. The quantitative estimate of drug-likeness (QED) is 0.824. The first-order chi connectivity index (χ1) is 8.93. The van der Waals surface area contributed by atoms with Crippen LogP contribution in [0.25, 0.3) is 0 Å². The predicted molar refractivity (Wildman–Crippen MR) is 80.2 cm³/mol. The minimum absolute atomic E-state index is 0.198. The fourth-order valence-corrected chi connectivity index (χ4v) is 2.96. The number of aromatic nitrogens is 2. The van der Waals surface area contributed by atoms with E-state index < -0.39 is 11.7 Å². The fourth-order valence-electron chi connectivity index (χ4n) is 2.47. The average molecular weight is 333 g/mol. The lowest BCUT2D eigenvalue weighted by Gasteiger charge is -2.37. The molecule has 110 valence electrons. The Morgan fingerprint density at radius 3 is 2.37 bits per heavy atom. The summed E-state index contributed by atoms with van der Waals surface area (Å²) in [6.45, 7) is 10.7. The smallest absolute Gasteiger partial charge is 0.126 e. The van der Waals surface area contributed by atoms with Gasteiger partial charge >= 0.3 is 0 Å². The van der Waals surface area contributed by atoms with E-state index in [9.17, 15) is 5.11 Å². The van der Waals surface area contributed by atoms with Gasteiger partial charge in [-0.25, -0.2) is 0 Å². The second kappa shape index (κ2) is 6.86. The average Bonchev–Trinajstić information content (AvgIpc) is 2.77. The number of aliphatic hydroxyl groups is 1. The van der Waals surface area contributed by atoms with Crippen LogP contribution in [0.5, 0.6) is 0 Å². The highest BCUT2D eigenvalue weighted by Gasteiger charge is 2.39. The van der Waals surface area contributed by atoms with Gasteiger partial charge in [0.2, 0.25) is 0 Å². The van der Waals surface area contributed by atoms with Gasteiger partial charge in [0.1, 0.15) is 6.10 Å². The van der Waals surface area contributed by atoms with Gasteiger partial charge in [0.25, 0.3) is 0 Å². The SMILES string of the molecule is CCOC(CC)(CC)C(O)c1c(Br)cnn1C(C)C. The zero-order valence-electron chi connectivity index (χ0n) is 12.5.